The van der Waals surface area contributed by atoms with Crippen molar-refractivity contribution in [3.8, 4) is 11.8 Å². The van der Waals surface area contributed by atoms with Crippen molar-refractivity contribution < 1.29 is 9.53 Å². The van der Waals surface area contributed by atoms with E-state index in [1.807, 2.05) is 61.2 Å². The number of nitrogens with one attached hydrogen (secondary N) is 1. The Morgan fingerprint density at radius 1 is 1.13 bits per heavy atom. The molecule has 1 spiro atoms. The summed E-state index contributed by atoms with van der Waals surface area (Å²) in [6.07, 6.45) is 4.02. The standard InChI is InChI=1S/C25H27N3O2/c1-3-28(4-2)24(29)20-8-6-19(7-9-20)22-16-25(11-13-27-14-12-25)30-23-10-5-18(17-26)15-21(22)23/h5-10,15-16,27H,3-4,11-14H2,1-2H3. The Bertz CT molecular complexity index is 1010. The number of ether oxygens (including phenoxy) is 1. The molecule has 30 heavy (non-hydrogen) atoms. The first-order chi connectivity index (χ1) is 14.6. The molecule has 1 fully saturated rings. The number of fused-ring (bicyclic) bond motifs is 1. The third-order valence-electron chi connectivity index (χ3n) is 6.06. The Balaban J connectivity index is 1.75. The summed E-state index contributed by atoms with van der Waals surface area (Å²) in [7, 11) is 0. The maximum Gasteiger partial charge on any atom is 0.253 e. The molecule has 2 aliphatic heterocycles. The number of nitrogens with zero attached hydrogens (tertiary/aromatic N) is 2. The molecule has 0 unspecified atom stereocenters. The van der Waals surface area contributed by atoms with Gasteiger partial charge in [0, 0.05) is 37.1 Å². The summed E-state index contributed by atoms with van der Waals surface area (Å²) in [5, 5.41) is 12.8. The van der Waals surface area contributed by atoms with Crippen LogP contribution >= 0.6 is 0 Å². The molecule has 1 saturated heterocycles. The smallest absolute Gasteiger partial charge is 0.253 e. The number of amides is 1. The molecule has 0 bridgehead atoms. The van der Waals surface area contributed by atoms with Crippen molar-refractivity contribution in [1.29, 1.82) is 5.26 Å². The van der Waals surface area contributed by atoms with E-state index in [9.17, 15) is 10.1 Å². The third kappa shape index (κ3) is 3.71. The molecule has 2 heterocycles. The van der Waals surface area contributed by atoms with Gasteiger partial charge in [0.05, 0.1) is 11.6 Å². The summed E-state index contributed by atoms with van der Waals surface area (Å²) in [5.74, 6) is 0.867. The molecule has 2 aliphatic rings. The van der Waals surface area contributed by atoms with Crippen LogP contribution in [-0.2, 0) is 0 Å². The van der Waals surface area contributed by atoms with E-state index in [1.165, 1.54) is 0 Å². The van der Waals surface area contributed by atoms with Crippen LogP contribution < -0.4 is 10.1 Å². The number of carbonyl (C=O) groups is 1. The normalized spacial score (nSPS) is 16.8. The van der Waals surface area contributed by atoms with Crippen molar-refractivity contribution in [2.45, 2.75) is 32.3 Å². The molecule has 0 atom stereocenters. The second-order valence-corrected chi connectivity index (χ2v) is 7.85. The zero-order valence-corrected chi connectivity index (χ0v) is 17.6. The van der Waals surface area contributed by atoms with Crippen molar-refractivity contribution in [3.05, 3.63) is 70.8 Å². The lowest BCUT2D eigenvalue weighted by molar-refractivity contribution is 0.0772. The number of piperidine rings is 1. The van der Waals surface area contributed by atoms with Gasteiger partial charge >= 0.3 is 0 Å². The van der Waals surface area contributed by atoms with Crippen molar-refractivity contribution in [2.24, 2.45) is 0 Å². The first kappa shape index (κ1) is 20.2. The van der Waals surface area contributed by atoms with Crippen LogP contribution in [0.5, 0.6) is 5.75 Å². The van der Waals surface area contributed by atoms with E-state index in [0.29, 0.717) is 24.2 Å². The number of hydrogen-bond acceptors (Lipinski definition) is 4. The van der Waals surface area contributed by atoms with Crippen LogP contribution in [0, 0.1) is 11.3 Å². The van der Waals surface area contributed by atoms with Gasteiger partial charge in [0.2, 0.25) is 0 Å². The highest BCUT2D eigenvalue weighted by molar-refractivity contribution is 5.95. The molecule has 4 rings (SSSR count). The Hall–Kier alpha value is -3.10. The van der Waals surface area contributed by atoms with Crippen LogP contribution in [0.1, 0.15) is 53.7 Å². The molecule has 5 heteroatoms. The topological polar surface area (TPSA) is 65.4 Å². The van der Waals surface area contributed by atoms with Gasteiger partial charge in [-0.25, -0.2) is 0 Å². The second kappa shape index (κ2) is 8.33. The Morgan fingerprint density at radius 3 is 2.47 bits per heavy atom. The van der Waals surface area contributed by atoms with E-state index >= 15 is 0 Å². The van der Waals surface area contributed by atoms with Crippen LogP contribution in [0.15, 0.2) is 48.5 Å². The molecule has 0 radical (unpaired) electrons. The summed E-state index contributed by atoms with van der Waals surface area (Å²) in [5.41, 5.74) is 3.99. The first-order valence-corrected chi connectivity index (χ1v) is 10.7. The van der Waals surface area contributed by atoms with Gasteiger partial charge in [-0.3, -0.25) is 4.79 Å². The quantitative estimate of drug-likeness (QED) is 0.841. The molecule has 2 aromatic rings. The van der Waals surface area contributed by atoms with E-state index in [2.05, 4.69) is 17.5 Å². The van der Waals surface area contributed by atoms with Gasteiger partial charge in [0.25, 0.3) is 5.91 Å². The van der Waals surface area contributed by atoms with Gasteiger partial charge in [-0.1, -0.05) is 12.1 Å². The van der Waals surface area contributed by atoms with Crippen molar-refractivity contribution in [3.63, 3.8) is 0 Å². The maximum atomic E-state index is 12.7. The lowest BCUT2D eigenvalue weighted by Gasteiger charge is -2.40. The molecular formula is C25H27N3O2. The van der Waals surface area contributed by atoms with E-state index < -0.39 is 0 Å². The molecule has 5 nitrogen and oxygen atoms in total. The van der Waals surface area contributed by atoms with Gasteiger partial charge in [-0.05, 0) is 74.5 Å². The summed E-state index contributed by atoms with van der Waals surface area (Å²) in [6.45, 7) is 7.19. The first-order valence-electron chi connectivity index (χ1n) is 10.7. The predicted molar refractivity (Wildman–Crippen MR) is 117 cm³/mol. The van der Waals surface area contributed by atoms with Crippen LogP contribution in [0.4, 0.5) is 0 Å². The number of carbonyl (C=O) groups excluding carboxylic acids is 1. The van der Waals surface area contributed by atoms with Gasteiger partial charge in [-0.15, -0.1) is 0 Å². The minimum absolute atomic E-state index is 0.0505. The lowest BCUT2D eigenvalue weighted by atomic mass is 9.83. The van der Waals surface area contributed by atoms with E-state index in [-0.39, 0.29) is 11.5 Å². The SMILES string of the molecule is CCN(CC)C(=O)c1ccc(C2=CC3(CCNCC3)Oc3ccc(C#N)cc32)cc1. The molecular weight excluding hydrogens is 374 g/mol. The Labute approximate surface area is 178 Å². The molecule has 154 valence electrons. The highest BCUT2D eigenvalue weighted by atomic mass is 16.5. The average Bonchev–Trinajstić information content (AvgIpc) is 2.79. The van der Waals surface area contributed by atoms with E-state index in [1.54, 1.807) is 0 Å². The zero-order chi connectivity index (χ0) is 21.1. The van der Waals surface area contributed by atoms with Crippen molar-refractivity contribution in [1.82, 2.24) is 10.2 Å². The van der Waals surface area contributed by atoms with Crippen LogP contribution in [0.2, 0.25) is 0 Å². The number of nitriles is 1. The largest absolute Gasteiger partial charge is 0.482 e. The van der Waals surface area contributed by atoms with E-state index in [4.69, 9.17) is 4.74 Å². The third-order valence-corrected chi connectivity index (χ3v) is 6.06. The fourth-order valence-electron chi connectivity index (χ4n) is 4.31. The summed E-state index contributed by atoms with van der Waals surface area (Å²) < 4.78 is 6.45. The molecule has 1 N–H and O–H groups in total. The van der Waals surface area contributed by atoms with Crippen LogP contribution in [0.3, 0.4) is 0 Å². The monoisotopic (exact) mass is 401 g/mol. The average molecular weight is 402 g/mol. The van der Waals surface area contributed by atoms with Crippen LogP contribution in [0.25, 0.3) is 5.57 Å². The van der Waals surface area contributed by atoms with Gasteiger partial charge < -0.3 is 15.0 Å². The Kier molecular flexibility index (Phi) is 5.61. The zero-order valence-electron chi connectivity index (χ0n) is 17.6. The molecule has 0 aromatic heterocycles. The predicted octanol–water partition coefficient (Wildman–Crippen LogP) is 3.99. The minimum Gasteiger partial charge on any atom is -0.482 e. The fourth-order valence-corrected chi connectivity index (χ4v) is 4.31. The number of hydrogen-bond donors (Lipinski definition) is 1. The Morgan fingerprint density at radius 2 is 1.83 bits per heavy atom. The molecule has 0 saturated carbocycles. The van der Waals surface area contributed by atoms with Gasteiger partial charge in [-0.2, -0.15) is 5.26 Å². The minimum atomic E-state index is -0.336. The van der Waals surface area contributed by atoms with Crippen molar-refractivity contribution in [2.75, 3.05) is 26.2 Å². The van der Waals surface area contributed by atoms with E-state index in [0.717, 1.165) is 48.4 Å². The molecule has 1 amide bonds. The number of benzene rings is 2. The van der Waals surface area contributed by atoms with Crippen LogP contribution in [-0.4, -0.2) is 42.6 Å². The molecule has 2 aromatic carbocycles. The second-order valence-electron chi connectivity index (χ2n) is 7.85. The summed E-state index contributed by atoms with van der Waals surface area (Å²) >= 11 is 0. The number of rotatable bonds is 4. The highest BCUT2D eigenvalue weighted by Gasteiger charge is 2.37. The summed E-state index contributed by atoms with van der Waals surface area (Å²) in [4.78, 5) is 14.5. The van der Waals surface area contributed by atoms with Crippen molar-refractivity contribution >= 4 is 11.5 Å². The molecule has 0 aliphatic carbocycles. The fraction of sp³-hybridized carbons (Fsp3) is 0.360. The summed E-state index contributed by atoms with van der Waals surface area (Å²) in [6, 6.07) is 15.6. The van der Waals surface area contributed by atoms with Gasteiger partial charge in [0.15, 0.2) is 0 Å². The lowest BCUT2D eigenvalue weighted by Crippen LogP contribution is -2.46. The van der Waals surface area contributed by atoms with Gasteiger partial charge in [0.1, 0.15) is 11.4 Å². The highest BCUT2D eigenvalue weighted by Crippen LogP contribution is 2.43. The maximum absolute atomic E-state index is 12.7.